The summed E-state index contributed by atoms with van der Waals surface area (Å²) in [4.78, 5) is 29.4. The molecule has 3 heterocycles. The highest BCUT2D eigenvalue weighted by atomic mass is 16.3. The molecule has 0 aliphatic rings. The van der Waals surface area contributed by atoms with Crippen molar-refractivity contribution in [1.82, 2.24) is 29.9 Å². The van der Waals surface area contributed by atoms with Crippen LogP contribution in [0.4, 0.5) is 0 Å². The van der Waals surface area contributed by atoms with E-state index in [0.717, 1.165) is 55.3 Å². The summed E-state index contributed by atoms with van der Waals surface area (Å²) in [5.41, 5.74) is 6.93. The fourth-order valence-electron chi connectivity index (χ4n) is 5.93. The molecule has 230 valence electrons. The van der Waals surface area contributed by atoms with E-state index in [4.69, 9.17) is 34.3 Å². The lowest BCUT2D eigenvalue weighted by Gasteiger charge is -2.09. The van der Waals surface area contributed by atoms with Crippen molar-refractivity contribution in [3.05, 3.63) is 158 Å². The van der Waals surface area contributed by atoms with Crippen LogP contribution < -0.4 is 0 Å². The summed E-state index contributed by atoms with van der Waals surface area (Å²) in [5.74, 6) is 3.61. The van der Waals surface area contributed by atoms with Crippen LogP contribution in [0.1, 0.15) is 0 Å². The van der Waals surface area contributed by atoms with Crippen molar-refractivity contribution >= 4 is 21.9 Å². The van der Waals surface area contributed by atoms with Gasteiger partial charge in [0.15, 0.2) is 34.9 Å². The quantitative estimate of drug-likeness (QED) is 0.181. The smallest absolute Gasteiger partial charge is 0.164 e. The van der Waals surface area contributed by atoms with Crippen LogP contribution >= 0.6 is 0 Å². The molecule has 3 aromatic heterocycles. The minimum absolute atomic E-state index is 0.581. The van der Waals surface area contributed by atoms with Gasteiger partial charge in [0, 0.05) is 44.2 Å². The lowest BCUT2D eigenvalue weighted by atomic mass is 10.1. The first-order valence-electron chi connectivity index (χ1n) is 16.0. The first kappa shape index (κ1) is 28.4. The van der Waals surface area contributed by atoms with Gasteiger partial charge >= 0.3 is 0 Å². The number of furan rings is 1. The number of rotatable bonds is 6. The second-order valence-electron chi connectivity index (χ2n) is 11.6. The van der Waals surface area contributed by atoms with Crippen LogP contribution in [0.25, 0.3) is 90.3 Å². The number of benzene rings is 6. The molecule has 0 saturated heterocycles. The van der Waals surface area contributed by atoms with Crippen LogP contribution in [-0.2, 0) is 0 Å². The summed E-state index contributed by atoms with van der Waals surface area (Å²) < 4.78 is 6.30. The van der Waals surface area contributed by atoms with Crippen molar-refractivity contribution in [1.29, 1.82) is 0 Å². The molecule has 0 atom stereocenters. The number of nitrogens with zero attached hydrogens (tertiary/aromatic N) is 6. The van der Waals surface area contributed by atoms with E-state index < -0.39 is 0 Å². The fraction of sp³-hybridized carbons (Fsp3) is 0. The third kappa shape index (κ3) is 5.49. The molecule has 0 radical (unpaired) electrons. The van der Waals surface area contributed by atoms with E-state index in [2.05, 4.69) is 12.1 Å². The Kier molecular flexibility index (Phi) is 6.98. The van der Waals surface area contributed by atoms with Crippen LogP contribution in [0.15, 0.2) is 162 Å². The van der Waals surface area contributed by atoms with Crippen molar-refractivity contribution in [2.75, 3.05) is 0 Å². The van der Waals surface area contributed by atoms with E-state index in [-0.39, 0.29) is 0 Å². The summed E-state index contributed by atoms with van der Waals surface area (Å²) in [6, 6.07) is 52.0. The predicted molar refractivity (Wildman–Crippen MR) is 193 cm³/mol. The zero-order valence-electron chi connectivity index (χ0n) is 26.1. The Morgan fingerprint density at radius 1 is 0.265 bits per heavy atom. The van der Waals surface area contributed by atoms with Gasteiger partial charge < -0.3 is 4.42 Å². The highest BCUT2D eigenvalue weighted by Crippen LogP contribution is 2.35. The van der Waals surface area contributed by atoms with E-state index in [0.29, 0.717) is 34.9 Å². The van der Waals surface area contributed by atoms with E-state index in [9.17, 15) is 0 Å². The monoisotopic (exact) mass is 630 g/mol. The topological polar surface area (TPSA) is 90.5 Å². The zero-order chi connectivity index (χ0) is 32.6. The molecule has 7 heteroatoms. The minimum Gasteiger partial charge on any atom is -0.456 e. The van der Waals surface area contributed by atoms with Crippen molar-refractivity contribution in [2.45, 2.75) is 0 Å². The highest BCUT2D eigenvalue weighted by molar-refractivity contribution is 6.07. The number of fused-ring (bicyclic) bond motifs is 3. The average Bonchev–Trinajstić information content (AvgIpc) is 3.56. The van der Waals surface area contributed by atoms with E-state index in [1.54, 1.807) is 0 Å². The standard InChI is InChI=1S/C42H26N6O/c1-5-13-27(14-6-1)37-43-38(28-15-7-2-8-16-28)46-41(45-37)31-21-23-35-33(25-31)34-26-32(22-24-36(34)49-35)42-47-39(29-17-9-3-10-18-29)44-40(48-42)30-19-11-4-12-20-30/h1-26H. The maximum Gasteiger partial charge on any atom is 0.164 e. The van der Waals surface area contributed by atoms with Crippen molar-refractivity contribution in [3.63, 3.8) is 0 Å². The Morgan fingerprint density at radius 2 is 0.531 bits per heavy atom. The molecule has 0 aliphatic carbocycles. The van der Waals surface area contributed by atoms with Gasteiger partial charge in [-0.25, -0.2) is 29.9 Å². The highest BCUT2D eigenvalue weighted by Gasteiger charge is 2.17. The van der Waals surface area contributed by atoms with Gasteiger partial charge in [-0.15, -0.1) is 0 Å². The van der Waals surface area contributed by atoms with Crippen LogP contribution in [0.2, 0.25) is 0 Å². The normalized spacial score (nSPS) is 11.3. The second-order valence-corrected chi connectivity index (χ2v) is 11.6. The number of hydrogen-bond acceptors (Lipinski definition) is 7. The first-order chi connectivity index (χ1) is 24.2. The third-order valence-corrected chi connectivity index (χ3v) is 8.38. The molecule has 0 aliphatic heterocycles. The SMILES string of the molecule is c1ccc(-c2nc(-c3ccccc3)nc(-c3ccc4oc5ccc(-c6nc(-c7ccccc7)nc(-c7ccccc7)n6)cc5c4c3)n2)cc1. The van der Waals surface area contributed by atoms with Gasteiger partial charge in [-0.05, 0) is 36.4 Å². The molecule has 9 aromatic rings. The largest absolute Gasteiger partial charge is 0.456 e. The van der Waals surface area contributed by atoms with E-state index >= 15 is 0 Å². The maximum atomic E-state index is 6.30. The van der Waals surface area contributed by atoms with Crippen LogP contribution in [0.3, 0.4) is 0 Å². The van der Waals surface area contributed by atoms with Crippen LogP contribution in [-0.4, -0.2) is 29.9 Å². The molecule has 0 N–H and O–H groups in total. The van der Waals surface area contributed by atoms with Crippen molar-refractivity contribution in [2.24, 2.45) is 0 Å². The molecule has 0 fully saturated rings. The molecule has 0 saturated carbocycles. The lowest BCUT2D eigenvalue weighted by Crippen LogP contribution is -2.00. The van der Waals surface area contributed by atoms with Gasteiger partial charge in [-0.2, -0.15) is 0 Å². The Labute approximate surface area is 281 Å². The van der Waals surface area contributed by atoms with Crippen LogP contribution in [0.5, 0.6) is 0 Å². The minimum atomic E-state index is 0.581. The molecular formula is C42H26N6O. The van der Waals surface area contributed by atoms with E-state index in [1.165, 1.54) is 0 Å². The van der Waals surface area contributed by atoms with Gasteiger partial charge in [0.1, 0.15) is 11.2 Å². The summed E-state index contributed by atoms with van der Waals surface area (Å²) in [5, 5.41) is 1.89. The molecule has 49 heavy (non-hydrogen) atoms. The molecule has 0 bridgehead atoms. The summed E-state index contributed by atoms with van der Waals surface area (Å²) in [6.07, 6.45) is 0. The number of aromatic nitrogens is 6. The van der Waals surface area contributed by atoms with Gasteiger partial charge in [0.2, 0.25) is 0 Å². The Morgan fingerprint density at radius 3 is 0.816 bits per heavy atom. The summed E-state index contributed by atoms with van der Waals surface area (Å²) in [6.45, 7) is 0. The predicted octanol–water partition coefficient (Wildman–Crippen LogP) is 9.96. The zero-order valence-corrected chi connectivity index (χ0v) is 26.1. The molecule has 0 amide bonds. The molecule has 6 aromatic carbocycles. The Hall–Kier alpha value is -6.86. The molecular weight excluding hydrogens is 605 g/mol. The van der Waals surface area contributed by atoms with Gasteiger partial charge in [-0.1, -0.05) is 121 Å². The van der Waals surface area contributed by atoms with Gasteiger partial charge in [0.25, 0.3) is 0 Å². The van der Waals surface area contributed by atoms with Crippen LogP contribution in [0, 0.1) is 0 Å². The molecule has 0 spiro atoms. The van der Waals surface area contributed by atoms with Gasteiger partial charge in [-0.3, -0.25) is 0 Å². The van der Waals surface area contributed by atoms with Crippen molar-refractivity contribution < 1.29 is 4.42 Å². The number of hydrogen-bond donors (Lipinski definition) is 0. The molecule has 9 rings (SSSR count). The fourth-order valence-corrected chi connectivity index (χ4v) is 5.93. The Balaban J connectivity index is 1.19. The average molecular weight is 631 g/mol. The second kappa shape index (κ2) is 12.1. The first-order valence-corrected chi connectivity index (χ1v) is 16.0. The molecule has 0 unspecified atom stereocenters. The summed E-state index contributed by atoms with van der Waals surface area (Å²) >= 11 is 0. The third-order valence-electron chi connectivity index (χ3n) is 8.38. The Bertz CT molecular complexity index is 2290. The maximum absolute atomic E-state index is 6.30. The summed E-state index contributed by atoms with van der Waals surface area (Å²) in [7, 11) is 0. The van der Waals surface area contributed by atoms with Gasteiger partial charge in [0.05, 0.1) is 0 Å². The molecule has 7 nitrogen and oxygen atoms in total. The van der Waals surface area contributed by atoms with E-state index in [1.807, 2.05) is 146 Å². The lowest BCUT2D eigenvalue weighted by molar-refractivity contribution is 0.669. The van der Waals surface area contributed by atoms with Crippen molar-refractivity contribution in [3.8, 4) is 68.3 Å².